The summed E-state index contributed by atoms with van der Waals surface area (Å²) in [5, 5.41) is 18.9. The molecule has 3 N–H and O–H groups in total. The second-order valence-electron chi connectivity index (χ2n) is 5.68. The van der Waals surface area contributed by atoms with Crippen LogP contribution in [0, 0.1) is 0 Å². The van der Waals surface area contributed by atoms with Crippen LogP contribution in [0.25, 0.3) is 0 Å². The molecule has 0 aliphatic carbocycles. The number of unbranched alkanes of at least 4 members (excludes halogenated alkanes) is 2. The Morgan fingerprint density at radius 2 is 1.54 bits per heavy atom. The van der Waals surface area contributed by atoms with Crippen LogP contribution in [0.1, 0.15) is 44.2 Å². The Balaban J connectivity index is 0.000000561. The number of likely N-dealkylation sites (N-methyl/N-ethyl adjacent to an activating group) is 1. The molecule has 0 radical (unpaired) electrons. The van der Waals surface area contributed by atoms with E-state index in [9.17, 15) is 9.59 Å². The van der Waals surface area contributed by atoms with Crippen molar-refractivity contribution in [2.75, 3.05) is 7.05 Å². The Hall–Kier alpha value is -2.14. The topological polar surface area (TPSA) is 86.6 Å². The molecule has 0 aromatic heterocycles. The molecular formula is C19H29NO4. The second kappa shape index (κ2) is 13.3. The molecule has 1 rings (SSSR count). The molecule has 0 aliphatic heterocycles. The van der Waals surface area contributed by atoms with E-state index in [1.54, 1.807) is 0 Å². The largest absolute Gasteiger partial charge is 0.478 e. The highest BCUT2D eigenvalue weighted by molar-refractivity contribution is 5.89. The van der Waals surface area contributed by atoms with Gasteiger partial charge in [-0.1, -0.05) is 44.0 Å². The number of aliphatic carboxylic acids is 2. The zero-order chi connectivity index (χ0) is 18.4. The molecule has 0 heterocycles. The molecule has 0 bridgehead atoms. The van der Waals surface area contributed by atoms with Crippen molar-refractivity contribution in [1.82, 2.24) is 5.32 Å². The summed E-state index contributed by atoms with van der Waals surface area (Å²) in [6.07, 6.45) is 7.44. The van der Waals surface area contributed by atoms with Crippen molar-refractivity contribution in [1.29, 1.82) is 0 Å². The van der Waals surface area contributed by atoms with Gasteiger partial charge in [-0.05, 0) is 44.4 Å². The third kappa shape index (κ3) is 12.4. The summed E-state index contributed by atoms with van der Waals surface area (Å²) >= 11 is 0. The van der Waals surface area contributed by atoms with Crippen molar-refractivity contribution in [2.24, 2.45) is 0 Å². The molecule has 134 valence electrons. The van der Waals surface area contributed by atoms with Gasteiger partial charge in [0.1, 0.15) is 0 Å². The molecule has 1 atom stereocenters. The standard InChI is InChI=1S/C15H25N.C4H4O4/c1-4-5-6-7-14-8-10-15(11-9-14)12-13(2)16-3;5-3(6)1-2-4(7)8/h8-11,13,16H,4-7,12H2,1-3H3;1-2H,(H,5,6)(H,7,8)/b;2-1-/t13-;/m0./s1. The Bertz CT molecular complexity index is 493. The lowest BCUT2D eigenvalue weighted by molar-refractivity contribution is -0.134. The minimum absolute atomic E-state index is 0.558. The van der Waals surface area contributed by atoms with Gasteiger partial charge in [0.25, 0.3) is 0 Å². The van der Waals surface area contributed by atoms with Crippen molar-refractivity contribution in [3.05, 3.63) is 47.5 Å². The quantitative estimate of drug-likeness (QED) is 0.476. The van der Waals surface area contributed by atoms with Gasteiger partial charge in [-0.3, -0.25) is 0 Å². The first-order valence-electron chi connectivity index (χ1n) is 8.28. The van der Waals surface area contributed by atoms with E-state index >= 15 is 0 Å². The van der Waals surface area contributed by atoms with Gasteiger partial charge in [0.05, 0.1) is 0 Å². The highest BCUT2D eigenvalue weighted by atomic mass is 16.4. The first-order valence-corrected chi connectivity index (χ1v) is 8.28. The van der Waals surface area contributed by atoms with Gasteiger partial charge in [-0.15, -0.1) is 0 Å². The normalized spacial score (nSPS) is 11.6. The Morgan fingerprint density at radius 1 is 1.04 bits per heavy atom. The van der Waals surface area contributed by atoms with E-state index < -0.39 is 11.9 Å². The maximum atomic E-state index is 9.55. The lowest BCUT2D eigenvalue weighted by Gasteiger charge is -2.10. The molecule has 0 saturated carbocycles. The molecule has 0 aliphatic rings. The van der Waals surface area contributed by atoms with E-state index in [4.69, 9.17) is 10.2 Å². The van der Waals surface area contributed by atoms with Crippen molar-refractivity contribution < 1.29 is 19.8 Å². The van der Waals surface area contributed by atoms with Crippen molar-refractivity contribution in [3.8, 4) is 0 Å². The molecule has 0 fully saturated rings. The van der Waals surface area contributed by atoms with Crippen LogP contribution in [0.3, 0.4) is 0 Å². The number of carbonyl (C=O) groups is 2. The third-order valence-electron chi connectivity index (χ3n) is 3.50. The molecule has 24 heavy (non-hydrogen) atoms. The fourth-order valence-corrected chi connectivity index (χ4v) is 2.02. The highest BCUT2D eigenvalue weighted by Gasteiger charge is 2.00. The van der Waals surface area contributed by atoms with Crippen LogP contribution in [0.4, 0.5) is 0 Å². The van der Waals surface area contributed by atoms with Gasteiger partial charge in [-0.2, -0.15) is 0 Å². The Kier molecular flexibility index (Phi) is 12.1. The summed E-state index contributed by atoms with van der Waals surface area (Å²) in [5.74, 6) is -2.51. The van der Waals surface area contributed by atoms with Gasteiger partial charge in [0, 0.05) is 18.2 Å². The number of hydrogen-bond acceptors (Lipinski definition) is 3. The van der Waals surface area contributed by atoms with Crippen LogP contribution in [0.5, 0.6) is 0 Å². The second-order valence-corrected chi connectivity index (χ2v) is 5.68. The summed E-state index contributed by atoms with van der Waals surface area (Å²) in [7, 11) is 2.02. The third-order valence-corrected chi connectivity index (χ3v) is 3.50. The van der Waals surface area contributed by atoms with Crippen molar-refractivity contribution >= 4 is 11.9 Å². The zero-order valence-corrected chi connectivity index (χ0v) is 14.8. The van der Waals surface area contributed by atoms with Crippen LogP contribution < -0.4 is 5.32 Å². The first-order chi connectivity index (χ1) is 11.4. The van der Waals surface area contributed by atoms with E-state index in [2.05, 4.69) is 43.4 Å². The molecule has 1 aromatic rings. The summed E-state index contributed by atoms with van der Waals surface area (Å²) in [4.78, 5) is 19.1. The fraction of sp³-hybridized carbons (Fsp3) is 0.474. The van der Waals surface area contributed by atoms with E-state index in [1.807, 2.05) is 7.05 Å². The van der Waals surface area contributed by atoms with Gasteiger partial charge in [-0.25, -0.2) is 9.59 Å². The number of carboxylic acids is 2. The Morgan fingerprint density at radius 3 is 1.96 bits per heavy atom. The van der Waals surface area contributed by atoms with Gasteiger partial charge >= 0.3 is 11.9 Å². The maximum absolute atomic E-state index is 9.55. The van der Waals surface area contributed by atoms with E-state index in [0.29, 0.717) is 18.2 Å². The summed E-state index contributed by atoms with van der Waals surface area (Å²) in [6, 6.07) is 9.68. The molecule has 0 unspecified atom stereocenters. The summed E-state index contributed by atoms with van der Waals surface area (Å²) in [5.41, 5.74) is 2.91. The zero-order valence-electron chi connectivity index (χ0n) is 14.8. The average molecular weight is 335 g/mol. The molecule has 0 spiro atoms. The minimum atomic E-state index is -1.26. The van der Waals surface area contributed by atoms with E-state index in [-0.39, 0.29) is 0 Å². The SMILES string of the molecule is CCCCCc1ccc(C[C@H](C)NC)cc1.O=C(O)/C=C\C(=O)O. The van der Waals surface area contributed by atoms with Gasteiger partial charge < -0.3 is 15.5 Å². The lowest BCUT2D eigenvalue weighted by atomic mass is 10.0. The van der Waals surface area contributed by atoms with Crippen LogP contribution >= 0.6 is 0 Å². The number of nitrogens with one attached hydrogen (secondary N) is 1. The van der Waals surface area contributed by atoms with E-state index in [0.717, 1.165) is 6.42 Å². The molecule has 0 saturated heterocycles. The number of hydrogen-bond donors (Lipinski definition) is 3. The van der Waals surface area contributed by atoms with Crippen molar-refractivity contribution in [3.63, 3.8) is 0 Å². The Labute approximate surface area is 144 Å². The fourth-order valence-electron chi connectivity index (χ4n) is 2.02. The van der Waals surface area contributed by atoms with Crippen LogP contribution in [-0.4, -0.2) is 35.2 Å². The minimum Gasteiger partial charge on any atom is -0.478 e. The summed E-state index contributed by atoms with van der Waals surface area (Å²) in [6.45, 7) is 4.47. The van der Waals surface area contributed by atoms with Gasteiger partial charge in [0.2, 0.25) is 0 Å². The predicted octanol–water partition coefficient (Wildman–Crippen LogP) is 3.28. The number of benzene rings is 1. The van der Waals surface area contributed by atoms with E-state index in [1.165, 1.54) is 36.8 Å². The molecule has 0 amide bonds. The monoisotopic (exact) mass is 335 g/mol. The van der Waals surface area contributed by atoms with Crippen LogP contribution in [0.15, 0.2) is 36.4 Å². The van der Waals surface area contributed by atoms with Gasteiger partial charge in [0.15, 0.2) is 0 Å². The molecular weight excluding hydrogens is 306 g/mol. The molecule has 5 heteroatoms. The number of rotatable bonds is 9. The highest BCUT2D eigenvalue weighted by Crippen LogP contribution is 2.10. The lowest BCUT2D eigenvalue weighted by Crippen LogP contribution is -2.23. The smallest absolute Gasteiger partial charge is 0.328 e. The average Bonchev–Trinajstić information content (AvgIpc) is 2.55. The molecule has 1 aromatic carbocycles. The molecule has 5 nitrogen and oxygen atoms in total. The summed E-state index contributed by atoms with van der Waals surface area (Å²) < 4.78 is 0. The number of aryl methyl sites for hydroxylation is 1. The number of carboxylic acid groups (broad SMARTS) is 2. The predicted molar refractivity (Wildman–Crippen MR) is 96.3 cm³/mol. The maximum Gasteiger partial charge on any atom is 0.328 e. The van der Waals surface area contributed by atoms with Crippen LogP contribution in [0.2, 0.25) is 0 Å². The van der Waals surface area contributed by atoms with Crippen molar-refractivity contribution in [2.45, 2.75) is 52.0 Å². The van der Waals surface area contributed by atoms with Crippen LogP contribution in [-0.2, 0) is 22.4 Å². The first kappa shape index (κ1) is 21.9.